The van der Waals surface area contributed by atoms with Gasteiger partial charge < -0.3 is 4.90 Å². The van der Waals surface area contributed by atoms with E-state index >= 15 is 0 Å². The summed E-state index contributed by atoms with van der Waals surface area (Å²) < 4.78 is 1.68. The lowest BCUT2D eigenvalue weighted by Gasteiger charge is -2.19. The van der Waals surface area contributed by atoms with Crippen LogP contribution in [0.4, 0.5) is 5.69 Å². The summed E-state index contributed by atoms with van der Waals surface area (Å²) in [4.78, 5) is 14.2. The first-order chi connectivity index (χ1) is 11.6. The maximum absolute atomic E-state index is 12.8. The molecule has 1 amide bonds. The van der Waals surface area contributed by atoms with E-state index in [9.17, 15) is 10.1 Å². The number of nitriles is 1. The number of carbonyl (C=O) groups excluding carboxylic acids is 1. The Kier molecular flexibility index (Phi) is 4.32. The first kappa shape index (κ1) is 15.8. The molecule has 0 atom stereocenters. The quantitative estimate of drug-likeness (QED) is 0.733. The minimum atomic E-state index is -0.234. The molecule has 3 aromatic rings. The second-order valence-corrected chi connectivity index (χ2v) is 5.57. The number of hydrogen-bond donors (Lipinski definition) is 0. The van der Waals surface area contributed by atoms with Crippen LogP contribution >= 0.6 is 11.6 Å². The predicted molar refractivity (Wildman–Crippen MR) is 92.5 cm³/mol. The van der Waals surface area contributed by atoms with Gasteiger partial charge >= 0.3 is 0 Å². The second kappa shape index (κ2) is 6.57. The molecule has 0 fully saturated rings. The topological polar surface area (TPSA) is 61.9 Å². The van der Waals surface area contributed by atoms with E-state index in [0.29, 0.717) is 21.8 Å². The summed E-state index contributed by atoms with van der Waals surface area (Å²) in [6.45, 7) is 0. The van der Waals surface area contributed by atoms with Crippen LogP contribution in [-0.2, 0) is 0 Å². The van der Waals surface area contributed by atoms with E-state index in [4.69, 9.17) is 11.6 Å². The Hall–Kier alpha value is -3.10. The molecule has 0 aliphatic heterocycles. The van der Waals surface area contributed by atoms with Gasteiger partial charge in [0.1, 0.15) is 6.07 Å². The molecule has 2 aromatic carbocycles. The van der Waals surface area contributed by atoms with Gasteiger partial charge in [0.2, 0.25) is 0 Å². The van der Waals surface area contributed by atoms with Crippen molar-refractivity contribution >= 4 is 23.2 Å². The Bertz CT molecular complexity index is 928. The number of rotatable bonds is 3. The van der Waals surface area contributed by atoms with Crippen LogP contribution in [0, 0.1) is 11.3 Å². The van der Waals surface area contributed by atoms with Gasteiger partial charge in [-0.05, 0) is 42.5 Å². The number of benzene rings is 2. The van der Waals surface area contributed by atoms with Gasteiger partial charge in [-0.25, -0.2) is 4.68 Å². The average Bonchev–Trinajstić information content (AvgIpc) is 3.15. The minimum absolute atomic E-state index is 0.234. The van der Waals surface area contributed by atoms with Gasteiger partial charge in [-0.2, -0.15) is 10.4 Å². The largest absolute Gasteiger partial charge is 0.310 e. The summed E-state index contributed by atoms with van der Waals surface area (Å²) in [7, 11) is 1.62. The standard InChI is InChI=1S/C18H13ClN4O/c1-22(17-11-15(19)7-6-14(17)12-20)18(24)13-4-2-5-16(10-13)23-9-3-8-21-23/h2-11H,1H3. The number of amides is 1. The zero-order chi connectivity index (χ0) is 17.1. The Balaban J connectivity index is 1.96. The smallest absolute Gasteiger partial charge is 0.258 e. The van der Waals surface area contributed by atoms with Crippen molar-refractivity contribution in [3.63, 3.8) is 0 Å². The Labute approximate surface area is 144 Å². The van der Waals surface area contributed by atoms with Gasteiger partial charge in [0.15, 0.2) is 0 Å². The van der Waals surface area contributed by atoms with Crippen molar-refractivity contribution in [2.24, 2.45) is 0 Å². The third-order valence-corrected chi connectivity index (χ3v) is 3.84. The summed E-state index contributed by atoms with van der Waals surface area (Å²) in [5, 5.41) is 13.9. The average molecular weight is 337 g/mol. The number of anilines is 1. The lowest BCUT2D eigenvalue weighted by molar-refractivity contribution is 0.0993. The molecule has 24 heavy (non-hydrogen) atoms. The van der Waals surface area contributed by atoms with E-state index < -0.39 is 0 Å². The van der Waals surface area contributed by atoms with Gasteiger partial charge in [0.25, 0.3) is 5.91 Å². The Morgan fingerprint density at radius 1 is 1.25 bits per heavy atom. The number of aromatic nitrogens is 2. The normalized spacial score (nSPS) is 10.2. The maximum Gasteiger partial charge on any atom is 0.258 e. The van der Waals surface area contributed by atoms with Crippen LogP contribution in [-0.4, -0.2) is 22.7 Å². The highest BCUT2D eigenvalue weighted by Gasteiger charge is 2.17. The van der Waals surface area contributed by atoms with Crippen molar-refractivity contribution in [3.05, 3.63) is 77.1 Å². The second-order valence-electron chi connectivity index (χ2n) is 5.14. The monoisotopic (exact) mass is 336 g/mol. The molecule has 1 aromatic heterocycles. The third kappa shape index (κ3) is 3.00. The van der Waals surface area contributed by atoms with E-state index in [-0.39, 0.29) is 5.91 Å². The van der Waals surface area contributed by atoms with Crippen molar-refractivity contribution in [3.8, 4) is 11.8 Å². The van der Waals surface area contributed by atoms with Gasteiger partial charge in [-0.15, -0.1) is 0 Å². The molecular formula is C18H13ClN4O. The van der Waals surface area contributed by atoms with Gasteiger partial charge in [0.05, 0.1) is 16.9 Å². The predicted octanol–water partition coefficient (Wildman–Crippen LogP) is 3.67. The van der Waals surface area contributed by atoms with E-state index in [1.54, 1.807) is 60.5 Å². The van der Waals surface area contributed by atoms with Gasteiger partial charge in [-0.1, -0.05) is 17.7 Å². The molecule has 0 radical (unpaired) electrons. The lowest BCUT2D eigenvalue weighted by Crippen LogP contribution is -2.27. The highest BCUT2D eigenvalue weighted by molar-refractivity contribution is 6.31. The van der Waals surface area contributed by atoms with Crippen LogP contribution in [0.2, 0.25) is 5.02 Å². The molecule has 0 saturated carbocycles. The molecule has 3 rings (SSSR count). The fourth-order valence-corrected chi connectivity index (χ4v) is 2.55. The molecule has 1 heterocycles. The highest BCUT2D eigenvalue weighted by atomic mass is 35.5. The first-order valence-corrected chi connectivity index (χ1v) is 7.56. The van der Waals surface area contributed by atoms with Crippen LogP contribution in [0.5, 0.6) is 0 Å². The number of carbonyl (C=O) groups is 1. The molecule has 118 valence electrons. The fraction of sp³-hybridized carbons (Fsp3) is 0.0556. The molecule has 6 heteroatoms. The van der Waals surface area contributed by atoms with Crippen LogP contribution in [0.1, 0.15) is 15.9 Å². The van der Waals surface area contributed by atoms with E-state index in [0.717, 1.165) is 5.69 Å². The Morgan fingerprint density at radius 3 is 2.79 bits per heavy atom. The summed E-state index contributed by atoms with van der Waals surface area (Å²) in [6, 6.07) is 15.9. The molecule has 0 spiro atoms. The van der Waals surface area contributed by atoms with Crippen molar-refractivity contribution in [1.82, 2.24) is 9.78 Å². The van der Waals surface area contributed by atoms with Gasteiger partial charge in [-0.3, -0.25) is 4.79 Å². The number of halogens is 1. The molecule has 0 aliphatic rings. The Morgan fingerprint density at radius 2 is 2.08 bits per heavy atom. The summed E-state index contributed by atoms with van der Waals surface area (Å²) in [6.07, 6.45) is 3.48. The number of nitrogens with zero attached hydrogens (tertiary/aromatic N) is 4. The van der Waals surface area contributed by atoms with Crippen LogP contribution in [0.25, 0.3) is 5.69 Å². The zero-order valence-electron chi connectivity index (χ0n) is 12.8. The maximum atomic E-state index is 12.8. The summed E-state index contributed by atoms with van der Waals surface area (Å²) >= 11 is 6.00. The van der Waals surface area contributed by atoms with Crippen molar-refractivity contribution in [2.45, 2.75) is 0 Å². The zero-order valence-corrected chi connectivity index (χ0v) is 13.6. The minimum Gasteiger partial charge on any atom is -0.310 e. The van der Waals surface area contributed by atoms with Gasteiger partial charge in [0, 0.05) is 30.0 Å². The molecule has 0 aliphatic carbocycles. The fourth-order valence-electron chi connectivity index (χ4n) is 2.38. The van der Waals surface area contributed by atoms with E-state index in [1.165, 1.54) is 4.90 Å². The first-order valence-electron chi connectivity index (χ1n) is 7.18. The molecule has 0 saturated heterocycles. The van der Waals surface area contributed by atoms with Crippen molar-refractivity contribution in [1.29, 1.82) is 5.26 Å². The summed E-state index contributed by atoms with van der Waals surface area (Å²) in [5.74, 6) is -0.234. The third-order valence-electron chi connectivity index (χ3n) is 3.61. The van der Waals surface area contributed by atoms with Crippen LogP contribution in [0.3, 0.4) is 0 Å². The molecular weight excluding hydrogens is 324 g/mol. The number of hydrogen-bond acceptors (Lipinski definition) is 3. The SMILES string of the molecule is CN(C(=O)c1cccc(-n2cccn2)c1)c1cc(Cl)ccc1C#N. The molecule has 5 nitrogen and oxygen atoms in total. The lowest BCUT2D eigenvalue weighted by atomic mass is 10.1. The summed E-state index contributed by atoms with van der Waals surface area (Å²) in [5.41, 5.74) is 2.14. The van der Waals surface area contributed by atoms with E-state index in [1.807, 2.05) is 12.1 Å². The van der Waals surface area contributed by atoms with Crippen LogP contribution < -0.4 is 4.90 Å². The molecule has 0 unspecified atom stereocenters. The van der Waals surface area contributed by atoms with Crippen molar-refractivity contribution < 1.29 is 4.79 Å². The molecule has 0 bridgehead atoms. The van der Waals surface area contributed by atoms with E-state index in [2.05, 4.69) is 11.2 Å². The van der Waals surface area contributed by atoms with Crippen LogP contribution in [0.15, 0.2) is 60.9 Å². The van der Waals surface area contributed by atoms with Crippen molar-refractivity contribution in [2.75, 3.05) is 11.9 Å². The molecule has 0 N–H and O–H groups in total. The highest BCUT2D eigenvalue weighted by Crippen LogP contribution is 2.25.